The first-order chi connectivity index (χ1) is 8.12. The van der Waals surface area contributed by atoms with Crippen molar-refractivity contribution in [1.82, 2.24) is 4.98 Å². The number of benzene rings is 1. The Hall–Kier alpha value is -1.35. The van der Waals surface area contributed by atoms with Crippen LogP contribution < -0.4 is 5.73 Å². The van der Waals surface area contributed by atoms with Crippen LogP contribution in [0.5, 0.6) is 0 Å². The number of aryl methyl sites for hydroxylation is 1. The molecule has 1 aromatic carbocycles. The summed E-state index contributed by atoms with van der Waals surface area (Å²) in [6.45, 7) is 6.90. The molecule has 2 N–H and O–H groups in total. The second-order valence-corrected chi connectivity index (χ2v) is 4.79. The molecule has 0 aliphatic heterocycles. The van der Waals surface area contributed by atoms with Crippen molar-refractivity contribution in [2.24, 2.45) is 5.73 Å². The molecule has 1 atom stereocenters. The fourth-order valence-corrected chi connectivity index (χ4v) is 1.83. The molecule has 17 heavy (non-hydrogen) atoms. The minimum absolute atomic E-state index is 0.161. The van der Waals surface area contributed by atoms with Crippen molar-refractivity contribution in [2.75, 3.05) is 6.54 Å². The molecule has 0 aliphatic rings. The summed E-state index contributed by atoms with van der Waals surface area (Å²) >= 11 is 0. The maximum atomic E-state index is 5.83. The molecule has 1 unspecified atom stereocenters. The Kier molecular flexibility index (Phi) is 3.20. The molecule has 3 nitrogen and oxygen atoms in total. The summed E-state index contributed by atoms with van der Waals surface area (Å²) in [6, 6.07) is 6.18. The van der Waals surface area contributed by atoms with E-state index in [1.807, 2.05) is 6.07 Å². The summed E-state index contributed by atoms with van der Waals surface area (Å²) in [5.74, 6) is 0.755. The Bertz CT molecular complexity index is 512. The van der Waals surface area contributed by atoms with Gasteiger partial charge in [-0.05, 0) is 37.5 Å². The predicted molar refractivity (Wildman–Crippen MR) is 70.1 cm³/mol. The van der Waals surface area contributed by atoms with Crippen molar-refractivity contribution in [1.29, 1.82) is 0 Å². The fourth-order valence-electron chi connectivity index (χ4n) is 1.83. The second-order valence-electron chi connectivity index (χ2n) is 4.79. The first kappa shape index (κ1) is 12.1. The summed E-state index contributed by atoms with van der Waals surface area (Å²) in [7, 11) is 0. The third-order valence-electron chi connectivity index (χ3n) is 3.61. The summed E-state index contributed by atoms with van der Waals surface area (Å²) in [5, 5.41) is 0. The van der Waals surface area contributed by atoms with Gasteiger partial charge in [0.05, 0.1) is 5.41 Å². The van der Waals surface area contributed by atoms with Gasteiger partial charge >= 0.3 is 0 Å². The number of nitrogens with two attached hydrogens (primary N) is 1. The third kappa shape index (κ3) is 2.07. The van der Waals surface area contributed by atoms with E-state index in [4.69, 9.17) is 10.2 Å². The molecule has 3 heteroatoms. The molecule has 2 aromatic rings. The van der Waals surface area contributed by atoms with E-state index < -0.39 is 0 Å². The second kappa shape index (κ2) is 4.49. The summed E-state index contributed by atoms with van der Waals surface area (Å²) < 4.78 is 5.82. The normalized spacial score (nSPS) is 15.1. The predicted octanol–water partition coefficient (Wildman–Crippen LogP) is 3.02. The van der Waals surface area contributed by atoms with E-state index in [2.05, 4.69) is 37.9 Å². The maximum Gasteiger partial charge on any atom is 0.202 e. The molecule has 92 valence electrons. The summed E-state index contributed by atoms with van der Waals surface area (Å²) in [6.07, 6.45) is 1.94. The lowest BCUT2D eigenvalue weighted by Gasteiger charge is -2.21. The number of fused-ring (bicyclic) bond motifs is 1. The Morgan fingerprint density at radius 3 is 2.71 bits per heavy atom. The van der Waals surface area contributed by atoms with Crippen LogP contribution >= 0.6 is 0 Å². The zero-order valence-electron chi connectivity index (χ0n) is 10.8. The van der Waals surface area contributed by atoms with Crippen LogP contribution in [0.25, 0.3) is 11.1 Å². The zero-order chi connectivity index (χ0) is 12.5. The van der Waals surface area contributed by atoms with E-state index in [1.54, 1.807) is 0 Å². The number of hydrogen-bond acceptors (Lipinski definition) is 3. The van der Waals surface area contributed by atoms with E-state index in [0.717, 1.165) is 29.8 Å². The minimum atomic E-state index is -0.161. The average Bonchev–Trinajstić information content (AvgIpc) is 2.80. The topological polar surface area (TPSA) is 52.0 Å². The lowest BCUT2D eigenvalue weighted by Crippen LogP contribution is -2.31. The van der Waals surface area contributed by atoms with Gasteiger partial charge in [-0.1, -0.05) is 19.9 Å². The Balaban J connectivity index is 2.50. The molecule has 0 bridgehead atoms. The van der Waals surface area contributed by atoms with Crippen LogP contribution in [0.3, 0.4) is 0 Å². The third-order valence-corrected chi connectivity index (χ3v) is 3.61. The molecule has 0 fully saturated rings. The monoisotopic (exact) mass is 232 g/mol. The van der Waals surface area contributed by atoms with Gasteiger partial charge in [-0.25, -0.2) is 4.98 Å². The highest BCUT2D eigenvalue weighted by Gasteiger charge is 2.28. The van der Waals surface area contributed by atoms with Crippen LogP contribution in [-0.2, 0) is 11.8 Å². The van der Waals surface area contributed by atoms with Gasteiger partial charge in [0.2, 0.25) is 5.89 Å². The zero-order valence-corrected chi connectivity index (χ0v) is 10.8. The van der Waals surface area contributed by atoms with Crippen LogP contribution in [0.15, 0.2) is 22.6 Å². The van der Waals surface area contributed by atoms with Gasteiger partial charge in [0.15, 0.2) is 5.58 Å². The Morgan fingerprint density at radius 1 is 1.35 bits per heavy atom. The van der Waals surface area contributed by atoms with Crippen LogP contribution in [-0.4, -0.2) is 11.5 Å². The smallest absolute Gasteiger partial charge is 0.202 e. The van der Waals surface area contributed by atoms with E-state index in [0.29, 0.717) is 6.54 Å². The van der Waals surface area contributed by atoms with Gasteiger partial charge in [0.1, 0.15) is 5.52 Å². The minimum Gasteiger partial charge on any atom is -0.440 e. The molecule has 0 saturated heterocycles. The van der Waals surface area contributed by atoms with Crippen LogP contribution in [0.2, 0.25) is 0 Å². The molecular weight excluding hydrogens is 212 g/mol. The number of nitrogens with zero attached hydrogens (tertiary/aromatic N) is 1. The van der Waals surface area contributed by atoms with Crippen molar-refractivity contribution in [2.45, 2.75) is 39.0 Å². The van der Waals surface area contributed by atoms with Gasteiger partial charge in [-0.2, -0.15) is 0 Å². The molecular formula is C14H20N2O. The molecule has 1 heterocycles. The van der Waals surface area contributed by atoms with Gasteiger partial charge < -0.3 is 10.2 Å². The number of rotatable bonds is 4. The lowest BCUT2D eigenvalue weighted by molar-refractivity contribution is 0.354. The molecule has 0 radical (unpaired) electrons. The average molecular weight is 232 g/mol. The van der Waals surface area contributed by atoms with Crippen molar-refractivity contribution >= 4 is 11.1 Å². The van der Waals surface area contributed by atoms with Crippen LogP contribution in [0, 0.1) is 0 Å². The maximum absolute atomic E-state index is 5.83. The number of hydrogen-bond donors (Lipinski definition) is 1. The molecule has 0 spiro atoms. The van der Waals surface area contributed by atoms with Crippen molar-refractivity contribution in [3.8, 4) is 0 Å². The SMILES string of the molecule is CCc1ccc2oc(C(C)(CC)CN)nc2c1. The van der Waals surface area contributed by atoms with Crippen molar-refractivity contribution < 1.29 is 4.42 Å². The van der Waals surface area contributed by atoms with Gasteiger partial charge in [0.25, 0.3) is 0 Å². The number of oxazole rings is 1. The van der Waals surface area contributed by atoms with Crippen molar-refractivity contribution in [3.05, 3.63) is 29.7 Å². The van der Waals surface area contributed by atoms with Crippen molar-refractivity contribution in [3.63, 3.8) is 0 Å². The highest BCUT2D eigenvalue weighted by atomic mass is 16.3. The number of aromatic nitrogens is 1. The van der Waals surface area contributed by atoms with E-state index in [9.17, 15) is 0 Å². The summed E-state index contributed by atoms with van der Waals surface area (Å²) in [5.41, 5.74) is 8.74. The van der Waals surface area contributed by atoms with Gasteiger partial charge in [0, 0.05) is 6.54 Å². The molecule has 2 rings (SSSR count). The first-order valence-electron chi connectivity index (χ1n) is 6.23. The fraction of sp³-hybridized carbons (Fsp3) is 0.500. The molecule has 0 aliphatic carbocycles. The standard InChI is InChI=1S/C14H20N2O/c1-4-10-6-7-12-11(8-10)16-13(17-12)14(3,5-2)9-15/h6-8H,4-5,9,15H2,1-3H3. The quantitative estimate of drug-likeness (QED) is 0.881. The van der Waals surface area contributed by atoms with E-state index in [1.165, 1.54) is 5.56 Å². The molecule has 1 aromatic heterocycles. The van der Waals surface area contributed by atoms with E-state index in [-0.39, 0.29) is 5.41 Å². The largest absolute Gasteiger partial charge is 0.440 e. The lowest BCUT2D eigenvalue weighted by atomic mass is 9.88. The first-order valence-corrected chi connectivity index (χ1v) is 6.23. The van der Waals surface area contributed by atoms with Crippen LogP contribution in [0.1, 0.15) is 38.6 Å². The van der Waals surface area contributed by atoms with Gasteiger partial charge in [-0.15, -0.1) is 0 Å². The highest BCUT2D eigenvalue weighted by Crippen LogP contribution is 2.29. The van der Waals surface area contributed by atoms with Crippen LogP contribution in [0.4, 0.5) is 0 Å². The summed E-state index contributed by atoms with van der Waals surface area (Å²) in [4.78, 5) is 4.59. The van der Waals surface area contributed by atoms with E-state index >= 15 is 0 Å². The highest BCUT2D eigenvalue weighted by molar-refractivity contribution is 5.73. The Morgan fingerprint density at radius 2 is 2.12 bits per heavy atom. The molecule has 0 saturated carbocycles. The Labute approximate surface area is 102 Å². The van der Waals surface area contributed by atoms with Gasteiger partial charge in [-0.3, -0.25) is 0 Å². The molecule has 0 amide bonds.